The van der Waals surface area contributed by atoms with Gasteiger partial charge in [0.25, 0.3) is 12.3 Å². The molecule has 2 heterocycles. The van der Waals surface area contributed by atoms with E-state index in [-0.39, 0.29) is 22.0 Å². The van der Waals surface area contributed by atoms with Crippen LogP contribution >= 0.6 is 11.8 Å². The zero-order valence-electron chi connectivity index (χ0n) is 20.2. The van der Waals surface area contributed by atoms with Gasteiger partial charge in [0.2, 0.25) is 0 Å². The third-order valence-electron chi connectivity index (χ3n) is 5.44. The van der Waals surface area contributed by atoms with Crippen molar-refractivity contribution >= 4 is 22.8 Å². The highest BCUT2D eigenvalue weighted by molar-refractivity contribution is 8.17. The van der Waals surface area contributed by atoms with Crippen molar-refractivity contribution in [1.82, 2.24) is 19.9 Å². The lowest BCUT2D eigenvalue weighted by Crippen LogP contribution is -2.29. The van der Waals surface area contributed by atoms with Crippen LogP contribution in [-0.4, -0.2) is 32.7 Å². The van der Waals surface area contributed by atoms with Gasteiger partial charge in [-0.3, -0.25) is 15.1 Å². The van der Waals surface area contributed by atoms with Crippen molar-refractivity contribution in [2.24, 2.45) is 23.9 Å². The fourth-order valence-electron chi connectivity index (χ4n) is 3.44. The van der Waals surface area contributed by atoms with Crippen molar-refractivity contribution in [3.05, 3.63) is 65.7 Å². The molecule has 3 aromatic rings. The lowest BCUT2D eigenvalue weighted by atomic mass is 9.95. The Morgan fingerprint density at radius 3 is 2.73 bits per heavy atom. The number of halogens is 2. The number of hydrogen-bond acceptors (Lipinski definition) is 7. The number of imidazole rings is 1. The molecule has 1 fully saturated rings. The molecule has 4 rings (SSSR count). The first kappa shape index (κ1) is 25.9. The molecule has 1 aliphatic carbocycles. The average Bonchev–Trinajstić information content (AvgIpc) is 3.63. The molecule has 2 aromatic heterocycles. The van der Waals surface area contributed by atoms with Crippen LogP contribution in [0.3, 0.4) is 0 Å². The molecule has 0 spiro atoms. The van der Waals surface area contributed by atoms with E-state index < -0.39 is 18.0 Å². The van der Waals surface area contributed by atoms with Gasteiger partial charge in [-0.25, -0.2) is 13.8 Å². The Morgan fingerprint density at radius 2 is 2.11 bits per heavy atom. The minimum Gasteiger partial charge on any atom is -0.494 e. The van der Waals surface area contributed by atoms with E-state index in [1.165, 1.54) is 19.4 Å². The van der Waals surface area contributed by atoms with Crippen LogP contribution in [0.4, 0.5) is 8.78 Å². The van der Waals surface area contributed by atoms with Crippen LogP contribution in [0, 0.1) is 17.8 Å². The van der Waals surface area contributed by atoms with Crippen molar-refractivity contribution in [3.8, 4) is 40.0 Å². The summed E-state index contributed by atoms with van der Waals surface area (Å²) >= 11 is 1.03. The van der Waals surface area contributed by atoms with Crippen molar-refractivity contribution < 1.29 is 18.3 Å². The molecule has 0 aliphatic heterocycles. The number of aryl methyl sites for hydroxylation is 1. The first-order chi connectivity index (χ1) is 17.8. The molecule has 37 heavy (non-hydrogen) atoms. The molecule has 1 amide bonds. The van der Waals surface area contributed by atoms with Gasteiger partial charge in [-0.05, 0) is 48.4 Å². The summed E-state index contributed by atoms with van der Waals surface area (Å²) in [5, 5.41) is 6.40. The van der Waals surface area contributed by atoms with E-state index in [0.717, 1.165) is 24.6 Å². The number of pyridine rings is 1. The number of carbonyl (C=O) groups is 1. The third kappa shape index (κ3) is 6.34. The summed E-state index contributed by atoms with van der Waals surface area (Å²) in [6.45, 7) is 3.88. The van der Waals surface area contributed by atoms with Gasteiger partial charge in [0.05, 0.1) is 30.2 Å². The Bertz CT molecular complexity index is 1440. The Balaban J connectivity index is 1.73. The number of allylic oxidation sites excluding steroid dienone is 1. The van der Waals surface area contributed by atoms with Crippen LogP contribution in [0.5, 0.6) is 5.75 Å². The molecule has 3 N–H and O–H groups in total. The standard InChI is InChI=1S/C26H24F2N6O2S/c1-15(4-5-16-6-7-16)37-26(33-29)32-25(35)18-9-8-17(22-13-34(2)14-31-22)10-19(18)20-11-21(24(27)28)30-12-23(20)36-3/h8-14,16,24H,1,6-7,29H2,2-3H3,(H,32,33,35). The quantitative estimate of drug-likeness (QED) is 0.160. The number of rotatable bonds is 6. The maximum atomic E-state index is 13.5. The molecule has 0 saturated heterocycles. The SMILES string of the molecule is C=C(C#CC1CC1)S/C(=N\N)NC(=O)c1ccc(-c2cn(C)cn2)cc1-c1cc(C(F)F)ncc1OC. The third-order valence-corrected chi connectivity index (χ3v) is 6.19. The number of thioether (sulfide) groups is 1. The number of aromatic nitrogens is 3. The van der Waals surface area contributed by atoms with Crippen molar-refractivity contribution in [2.75, 3.05) is 7.11 Å². The molecule has 8 nitrogen and oxygen atoms in total. The minimum absolute atomic E-state index is 0.0924. The molecule has 0 atom stereocenters. The van der Waals surface area contributed by atoms with Gasteiger partial charge in [-0.15, -0.1) is 0 Å². The van der Waals surface area contributed by atoms with Crippen LogP contribution in [0.1, 0.15) is 35.3 Å². The van der Waals surface area contributed by atoms with E-state index in [0.29, 0.717) is 27.6 Å². The van der Waals surface area contributed by atoms with E-state index in [1.54, 1.807) is 35.3 Å². The lowest BCUT2D eigenvalue weighted by molar-refractivity contribution is 0.0978. The summed E-state index contributed by atoms with van der Waals surface area (Å²) in [6.07, 6.45) is 3.98. The minimum atomic E-state index is -2.81. The predicted molar refractivity (Wildman–Crippen MR) is 140 cm³/mol. The molecule has 11 heteroatoms. The highest BCUT2D eigenvalue weighted by Crippen LogP contribution is 2.37. The smallest absolute Gasteiger partial charge is 0.280 e. The molecule has 1 saturated carbocycles. The zero-order valence-corrected chi connectivity index (χ0v) is 21.0. The van der Waals surface area contributed by atoms with E-state index in [2.05, 4.69) is 38.8 Å². The zero-order chi connectivity index (χ0) is 26.5. The summed E-state index contributed by atoms with van der Waals surface area (Å²) in [5.41, 5.74) is 1.67. The molecular formula is C26H24F2N6O2S. The van der Waals surface area contributed by atoms with Gasteiger partial charge in [-0.2, -0.15) is 5.10 Å². The van der Waals surface area contributed by atoms with E-state index in [4.69, 9.17) is 10.6 Å². The highest BCUT2D eigenvalue weighted by Gasteiger charge is 2.22. The lowest BCUT2D eigenvalue weighted by Gasteiger charge is -2.15. The van der Waals surface area contributed by atoms with Crippen LogP contribution < -0.4 is 15.9 Å². The molecule has 0 radical (unpaired) electrons. The number of nitrogens with two attached hydrogens (primary N) is 1. The number of hydrogen-bond donors (Lipinski definition) is 2. The second kappa shape index (κ2) is 11.3. The highest BCUT2D eigenvalue weighted by atomic mass is 32.2. The van der Waals surface area contributed by atoms with Crippen molar-refractivity contribution in [1.29, 1.82) is 0 Å². The normalized spacial score (nSPS) is 13.2. The first-order valence-corrected chi connectivity index (χ1v) is 12.0. The number of amidine groups is 1. The maximum Gasteiger partial charge on any atom is 0.280 e. The van der Waals surface area contributed by atoms with Crippen LogP contribution in [-0.2, 0) is 7.05 Å². The summed E-state index contributed by atoms with van der Waals surface area (Å²) in [5.74, 6) is 11.6. The van der Waals surface area contributed by atoms with Gasteiger partial charge in [0, 0.05) is 35.9 Å². The number of methoxy groups -OCH3 is 1. The van der Waals surface area contributed by atoms with Crippen molar-refractivity contribution in [3.63, 3.8) is 0 Å². The summed E-state index contributed by atoms with van der Waals surface area (Å²) in [6, 6.07) is 6.20. The first-order valence-electron chi connectivity index (χ1n) is 11.2. The molecular weight excluding hydrogens is 498 g/mol. The number of nitrogens with zero attached hydrogens (tertiary/aromatic N) is 4. The fraction of sp³-hybridized carbons (Fsp3) is 0.231. The van der Waals surface area contributed by atoms with Gasteiger partial charge in [0.15, 0.2) is 5.17 Å². The summed E-state index contributed by atoms with van der Waals surface area (Å²) < 4.78 is 34.2. The Labute approximate surface area is 217 Å². The predicted octanol–water partition coefficient (Wildman–Crippen LogP) is 4.72. The van der Waals surface area contributed by atoms with E-state index in [1.807, 2.05) is 7.05 Å². The molecule has 1 aromatic carbocycles. The second-order valence-corrected chi connectivity index (χ2v) is 9.34. The molecule has 190 valence electrons. The van der Waals surface area contributed by atoms with Crippen LogP contribution in [0.2, 0.25) is 0 Å². The molecule has 0 bridgehead atoms. The average molecular weight is 523 g/mol. The number of ether oxygens (including phenoxy) is 1. The number of benzene rings is 1. The Kier molecular flexibility index (Phi) is 7.89. The van der Waals surface area contributed by atoms with E-state index in [9.17, 15) is 13.6 Å². The van der Waals surface area contributed by atoms with Gasteiger partial charge < -0.3 is 15.1 Å². The van der Waals surface area contributed by atoms with Gasteiger partial charge in [-0.1, -0.05) is 24.5 Å². The van der Waals surface area contributed by atoms with Crippen LogP contribution in [0.25, 0.3) is 22.4 Å². The molecule has 0 unspecified atom stereocenters. The van der Waals surface area contributed by atoms with Gasteiger partial charge in [0.1, 0.15) is 11.4 Å². The number of hydrazone groups is 1. The van der Waals surface area contributed by atoms with Crippen LogP contribution in [0.15, 0.2) is 59.6 Å². The number of alkyl halides is 2. The maximum absolute atomic E-state index is 13.5. The van der Waals surface area contributed by atoms with E-state index >= 15 is 0 Å². The fourth-order valence-corrected chi connectivity index (χ4v) is 3.98. The number of amides is 1. The second-order valence-electron chi connectivity index (χ2n) is 8.25. The summed E-state index contributed by atoms with van der Waals surface area (Å²) in [4.78, 5) is 22.0. The Morgan fingerprint density at radius 1 is 1.32 bits per heavy atom. The summed E-state index contributed by atoms with van der Waals surface area (Å²) in [7, 11) is 3.23. The number of nitrogens with one attached hydrogen (secondary N) is 1. The topological polar surface area (TPSA) is 107 Å². The van der Waals surface area contributed by atoms with Gasteiger partial charge >= 0.3 is 0 Å². The number of carbonyl (C=O) groups excluding carboxylic acids is 1. The monoisotopic (exact) mass is 522 g/mol. The largest absolute Gasteiger partial charge is 0.494 e. The van der Waals surface area contributed by atoms with Crippen molar-refractivity contribution in [2.45, 2.75) is 19.3 Å². The Hall–Kier alpha value is -4.17. The molecule has 1 aliphatic rings.